The molecule has 1 atom stereocenters. The summed E-state index contributed by atoms with van der Waals surface area (Å²) < 4.78 is 18.8. The smallest absolute Gasteiger partial charge is 0.153 e. The number of hydrogen-bond acceptors (Lipinski definition) is 2. The maximum Gasteiger partial charge on any atom is 0.153 e. The Balaban J connectivity index is 2.39. The summed E-state index contributed by atoms with van der Waals surface area (Å²) >= 11 is -1.73. The van der Waals surface area contributed by atoms with Crippen LogP contribution in [0.15, 0.2) is 0 Å². The molecule has 1 aliphatic rings. The normalized spacial score (nSPS) is 23.2. The van der Waals surface area contributed by atoms with Crippen LogP contribution in [0.5, 0.6) is 0 Å². The Morgan fingerprint density at radius 2 is 2.30 bits per heavy atom. The minimum Gasteiger partial charge on any atom is -0.306 e. The summed E-state index contributed by atoms with van der Waals surface area (Å²) in [6.45, 7) is 0. The van der Waals surface area contributed by atoms with E-state index in [1.54, 1.807) is 0 Å². The van der Waals surface area contributed by atoms with E-state index in [1.807, 2.05) is 6.07 Å². The number of nitriles is 1. The van der Waals surface area contributed by atoms with Crippen molar-refractivity contribution in [3.63, 3.8) is 0 Å². The van der Waals surface area contributed by atoms with Gasteiger partial charge in [-0.3, -0.25) is 0 Å². The van der Waals surface area contributed by atoms with E-state index in [4.69, 9.17) is 9.81 Å². The molecule has 4 heteroatoms. The van der Waals surface area contributed by atoms with Crippen molar-refractivity contribution in [3.8, 4) is 6.07 Å². The first-order valence-electron chi connectivity index (χ1n) is 3.13. The molecule has 1 saturated carbocycles. The Morgan fingerprint density at radius 1 is 1.70 bits per heavy atom. The number of rotatable bonds is 3. The van der Waals surface area contributed by atoms with E-state index in [-0.39, 0.29) is 11.2 Å². The molecular formula is C6H9NO2S. The number of hydrogen-bond donors (Lipinski definition) is 1. The van der Waals surface area contributed by atoms with Crippen molar-refractivity contribution in [1.29, 1.82) is 5.26 Å². The van der Waals surface area contributed by atoms with Gasteiger partial charge >= 0.3 is 0 Å². The Bertz CT molecular complexity index is 192. The van der Waals surface area contributed by atoms with E-state index in [0.29, 0.717) is 6.42 Å². The van der Waals surface area contributed by atoms with Gasteiger partial charge in [-0.2, -0.15) is 5.26 Å². The highest BCUT2D eigenvalue weighted by atomic mass is 32.2. The molecule has 56 valence electrons. The zero-order chi connectivity index (χ0) is 7.61. The van der Waals surface area contributed by atoms with E-state index in [2.05, 4.69) is 0 Å². The maximum atomic E-state index is 10.3. The summed E-state index contributed by atoms with van der Waals surface area (Å²) in [5.74, 6) is 0.278. The average Bonchev–Trinajstić information content (AvgIpc) is 2.47. The molecule has 0 saturated heterocycles. The van der Waals surface area contributed by atoms with E-state index >= 15 is 0 Å². The zero-order valence-corrected chi connectivity index (χ0v) is 6.36. The first-order valence-corrected chi connectivity index (χ1v) is 4.41. The van der Waals surface area contributed by atoms with Gasteiger partial charge in [0.15, 0.2) is 11.1 Å². The van der Waals surface area contributed by atoms with Gasteiger partial charge in [0.05, 0.1) is 11.8 Å². The van der Waals surface area contributed by atoms with Gasteiger partial charge in [0.1, 0.15) is 0 Å². The van der Waals surface area contributed by atoms with Crippen molar-refractivity contribution in [1.82, 2.24) is 0 Å². The molecule has 1 N–H and O–H groups in total. The average molecular weight is 159 g/mol. The van der Waals surface area contributed by atoms with E-state index in [1.165, 1.54) is 0 Å². The van der Waals surface area contributed by atoms with Crippen LogP contribution in [0.2, 0.25) is 0 Å². The molecule has 3 nitrogen and oxygen atoms in total. The van der Waals surface area contributed by atoms with Gasteiger partial charge in [0.25, 0.3) is 0 Å². The van der Waals surface area contributed by atoms with Crippen LogP contribution in [-0.4, -0.2) is 14.5 Å². The molecule has 0 aromatic heterocycles. The summed E-state index contributed by atoms with van der Waals surface area (Å²) in [6.07, 6.45) is 2.30. The third-order valence-electron chi connectivity index (χ3n) is 1.84. The van der Waals surface area contributed by atoms with Crippen molar-refractivity contribution in [2.24, 2.45) is 5.41 Å². The summed E-state index contributed by atoms with van der Waals surface area (Å²) in [4.78, 5) is 0. The first-order chi connectivity index (χ1) is 4.68. The SMILES string of the molecule is N#CCC1(CS(=O)O)CC1. The number of nitrogens with zero attached hydrogens (tertiary/aromatic N) is 1. The van der Waals surface area contributed by atoms with Crippen molar-refractivity contribution >= 4 is 11.1 Å². The van der Waals surface area contributed by atoms with Gasteiger partial charge in [0, 0.05) is 6.42 Å². The van der Waals surface area contributed by atoms with Crippen LogP contribution in [0.25, 0.3) is 0 Å². The topological polar surface area (TPSA) is 61.1 Å². The Labute approximate surface area is 62.3 Å². The second kappa shape index (κ2) is 2.69. The fourth-order valence-corrected chi connectivity index (χ4v) is 1.89. The second-order valence-electron chi connectivity index (χ2n) is 2.80. The van der Waals surface area contributed by atoms with E-state index < -0.39 is 11.1 Å². The van der Waals surface area contributed by atoms with Crippen LogP contribution in [0.3, 0.4) is 0 Å². The van der Waals surface area contributed by atoms with Gasteiger partial charge in [-0.15, -0.1) is 0 Å². The molecular weight excluding hydrogens is 150 g/mol. The molecule has 0 aliphatic heterocycles. The molecule has 0 aromatic rings. The largest absolute Gasteiger partial charge is 0.306 e. The third kappa shape index (κ3) is 1.79. The molecule has 0 bridgehead atoms. The van der Waals surface area contributed by atoms with Crippen LogP contribution >= 0.6 is 0 Å². The fraction of sp³-hybridized carbons (Fsp3) is 0.833. The van der Waals surface area contributed by atoms with E-state index in [9.17, 15) is 4.21 Å². The monoisotopic (exact) mass is 159 g/mol. The van der Waals surface area contributed by atoms with Crippen molar-refractivity contribution < 1.29 is 8.76 Å². The molecule has 1 unspecified atom stereocenters. The Kier molecular flexibility index (Phi) is 2.07. The quantitative estimate of drug-likeness (QED) is 0.622. The van der Waals surface area contributed by atoms with Crippen LogP contribution in [-0.2, 0) is 11.1 Å². The molecule has 1 fully saturated rings. The van der Waals surface area contributed by atoms with Crippen molar-refractivity contribution in [3.05, 3.63) is 0 Å². The lowest BCUT2D eigenvalue weighted by atomic mass is 10.1. The highest BCUT2D eigenvalue weighted by Gasteiger charge is 2.43. The molecule has 0 heterocycles. The van der Waals surface area contributed by atoms with Crippen molar-refractivity contribution in [2.75, 3.05) is 5.75 Å². The van der Waals surface area contributed by atoms with Gasteiger partial charge in [-0.1, -0.05) is 0 Å². The molecule has 1 rings (SSSR count). The predicted octanol–water partition coefficient (Wildman–Crippen LogP) is 0.902. The maximum absolute atomic E-state index is 10.3. The molecule has 1 aliphatic carbocycles. The first kappa shape index (κ1) is 7.70. The van der Waals surface area contributed by atoms with Gasteiger partial charge in [0.2, 0.25) is 0 Å². The standard InChI is InChI=1S/C6H9NO2S/c7-4-3-6(1-2-6)5-10(8)9/h1-3,5H2,(H,8,9). The Morgan fingerprint density at radius 3 is 2.60 bits per heavy atom. The Hall–Kier alpha value is -0.400. The van der Waals surface area contributed by atoms with Gasteiger partial charge < -0.3 is 4.55 Å². The minimum atomic E-state index is -1.73. The lowest BCUT2D eigenvalue weighted by Gasteiger charge is -2.04. The second-order valence-corrected chi connectivity index (χ2v) is 3.73. The lowest BCUT2D eigenvalue weighted by molar-refractivity contribution is 0.526. The van der Waals surface area contributed by atoms with Crippen LogP contribution in [0.4, 0.5) is 0 Å². The molecule has 0 aromatic carbocycles. The predicted molar refractivity (Wildman–Crippen MR) is 37.5 cm³/mol. The van der Waals surface area contributed by atoms with Crippen LogP contribution in [0.1, 0.15) is 19.3 Å². The zero-order valence-electron chi connectivity index (χ0n) is 5.54. The molecule has 0 amide bonds. The van der Waals surface area contributed by atoms with Crippen LogP contribution < -0.4 is 0 Å². The molecule has 0 radical (unpaired) electrons. The van der Waals surface area contributed by atoms with Crippen LogP contribution in [0, 0.1) is 16.7 Å². The third-order valence-corrected chi connectivity index (χ3v) is 2.70. The summed E-state index contributed by atoms with van der Waals surface area (Å²) in [5, 5.41) is 8.32. The fourth-order valence-electron chi connectivity index (χ4n) is 0.979. The van der Waals surface area contributed by atoms with Gasteiger partial charge in [-0.05, 0) is 18.3 Å². The summed E-state index contributed by atoms with van der Waals surface area (Å²) in [7, 11) is 0. The van der Waals surface area contributed by atoms with Crippen molar-refractivity contribution in [2.45, 2.75) is 19.3 Å². The molecule has 10 heavy (non-hydrogen) atoms. The van der Waals surface area contributed by atoms with Gasteiger partial charge in [-0.25, -0.2) is 4.21 Å². The van der Waals surface area contributed by atoms with E-state index in [0.717, 1.165) is 12.8 Å². The highest BCUT2D eigenvalue weighted by Crippen LogP contribution is 2.48. The summed E-state index contributed by atoms with van der Waals surface area (Å²) in [5.41, 5.74) is -0.0889. The highest BCUT2D eigenvalue weighted by molar-refractivity contribution is 7.79. The summed E-state index contributed by atoms with van der Waals surface area (Å²) in [6, 6.07) is 2.03. The molecule has 0 spiro atoms. The lowest BCUT2D eigenvalue weighted by Crippen LogP contribution is -2.10. The minimum absolute atomic E-state index is 0.0889.